The number of hydrogen-bond donors (Lipinski definition) is 5. The van der Waals surface area contributed by atoms with Gasteiger partial charge in [0.15, 0.2) is 40.3 Å². The zero-order valence-corrected chi connectivity index (χ0v) is 26.6. The van der Waals surface area contributed by atoms with E-state index in [1.54, 1.807) is 48.5 Å². The minimum Gasteiger partial charge on any atom is -0.506 e. The number of Topliss-reactive ketones (excluding diaryl/α,β-unsaturated/α-hetero) is 3. The van der Waals surface area contributed by atoms with E-state index in [1.807, 2.05) is 0 Å². The van der Waals surface area contributed by atoms with Crippen molar-refractivity contribution in [2.75, 3.05) is 0 Å². The zero-order chi connectivity index (χ0) is 32.6. The summed E-state index contributed by atoms with van der Waals surface area (Å²) in [5.74, 6) is -2.17. The van der Waals surface area contributed by atoms with Crippen LogP contribution in [0, 0.1) is 24.7 Å². The Bertz CT molecular complexity index is 1460. The summed E-state index contributed by atoms with van der Waals surface area (Å²) >= 11 is 17.5. The fourth-order valence-electron chi connectivity index (χ4n) is 3.26. The molecule has 3 aromatic carbocycles. The number of rotatable bonds is 6. The van der Waals surface area contributed by atoms with Crippen molar-refractivity contribution in [3.63, 3.8) is 0 Å². The molecular weight excluding hydrogens is 607 g/mol. The summed E-state index contributed by atoms with van der Waals surface area (Å²) in [5.41, 5.74) is 1.42. The molecule has 5 N–H and O–H groups in total. The van der Waals surface area contributed by atoms with Gasteiger partial charge in [0.05, 0.1) is 10.0 Å². The first kappa shape index (κ1) is 36.6. The van der Waals surface area contributed by atoms with Crippen LogP contribution in [0.5, 0.6) is 28.7 Å². The lowest BCUT2D eigenvalue weighted by atomic mass is 9.99. The van der Waals surface area contributed by atoms with E-state index in [-0.39, 0.29) is 79.3 Å². The molecule has 0 unspecified atom stereocenters. The molecule has 0 atom stereocenters. The van der Waals surface area contributed by atoms with E-state index in [0.717, 1.165) is 0 Å². The molecule has 11 heteroatoms. The zero-order valence-electron chi connectivity index (χ0n) is 24.3. The minimum atomic E-state index is -0.446. The van der Waals surface area contributed by atoms with E-state index in [0.29, 0.717) is 16.1 Å². The third-order valence-corrected chi connectivity index (χ3v) is 7.05. The van der Waals surface area contributed by atoms with Gasteiger partial charge in [0.25, 0.3) is 0 Å². The van der Waals surface area contributed by atoms with Gasteiger partial charge in [-0.25, -0.2) is 0 Å². The summed E-state index contributed by atoms with van der Waals surface area (Å²) in [6.07, 6.45) is 0. The summed E-state index contributed by atoms with van der Waals surface area (Å²) in [6, 6.07) is 8.23. The van der Waals surface area contributed by atoms with Crippen LogP contribution in [0.3, 0.4) is 0 Å². The van der Waals surface area contributed by atoms with Gasteiger partial charge >= 0.3 is 0 Å². The molecule has 0 bridgehead atoms. The van der Waals surface area contributed by atoms with E-state index in [9.17, 15) is 24.6 Å². The van der Waals surface area contributed by atoms with Crippen LogP contribution < -0.4 is 0 Å². The minimum absolute atomic E-state index is 0.0460. The van der Waals surface area contributed by atoms with Crippen molar-refractivity contribution in [1.82, 2.24) is 0 Å². The van der Waals surface area contributed by atoms with Crippen LogP contribution in [-0.4, -0.2) is 42.9 Å². The average Bonchev–Trinajstić information content (AvgIpc) is 2.93. The van der Waals surface area contributed by atoms with Gasteiger partial charge in [0.2, 0.25) is 0 Å². The van der Waals surface area contributed by atoms with E-state index in [4.69, 9.17) is 50.1 Å². The summed E-state index contributed by atoms with van der Waals surface area (Å²) < 4.78 is 0. The van der Waals surface area contributed by atoms with E-state index in [2.05, 4.69) is 0 Å². The first-order valence-corrected chi connectivity index (χ1v) is 14.0. The van der Waals surface area contributed by atoms with Crippen molar-refractivity contribution < 1.29 is 39.9 Å². The second-order valence-corrected chi connectivity index (χ2v) is 11.4. The number of halogens is 3. The molecule has 3 rings (SSSR count). The molecule has 228 valence electrons. The standard InChI is InChI=1S/C11H12Cl2O2.C10H11ClO3.C10H12O3/c1-5(2)10(14)7-4-8(12)6(3)11(15)9(7)13;1-5(2)9(13)6-3-4-7(12)10(14)8(6)11;1-6(2)10(13)7-3-4-8(11)9(12)5-7/h4-5,15H,1-3H3;3-5,12,14H,1-2H3;3-6,11-12H,1-2H3. The predicted molar refractivity (Wildman–Crippen MR) is 165 cm³/mol. The van der Waals surface area contributed by atoms with Crippen molar-refractivity contribution in [2.24, 2.45) is 17.8 Å². The highest BCUT2D eigenvalue weighted by Gasteiger charge is 2.20. The number of carbonyl (C=O) groups is 3. The molecule has 0 amide bonds. The smallest absolute Gasteiger partial charge is 0.177 e. The summed E-state index contributed by atoms with van der Waals surface area (Å²) in [6.45, 7) is 12.2. The molecule has 42 heavy (non-hydrogen) atoms. The van der Waals surface area contributed by atoms with E-state index >= 15 is 0 Å². The van der Waals surface area contributed by atoms with Gasteiger partial charge in [-0.1, -0.05) is 76.3 Å². The fourth-order valence-corrected chi connectivity index (χ4v) is 4.00. The molecule has 0 aromatic heterocycles. The van der Waals surface area contributed by atoms with Crippen molar-refractivity contribution in [3.8, 4) is 28.7 Å². The lowest BCUT2D eigenvalue weighted by Crippen LogP contribution is -2.08. The maximum absolute atomic E-state index is 11.7. The number of benzene rings is 3. The van der Waals surface area contributed by atoms with Crippen LogP contribution in [0.4, 0.5) is 0 Å². The molecule has 3 aromatic rings. The van der Waals surface area contributed by atoms with Gasteiger partial charge in [-0.3, -0.25) is 14.4 Å². The van der Waals surface area contributed by atoms with E-state index < -0.39 is 5.75 Å². The highest BCUT2D eigenvalue weighted by molar-refractivity contribution is 6.38. The molecule has 0 saturated heterocycles. The number of aromatic hydroxyl groups is 5. The molecule has 0 spiro atoms. The van der Waals surface area contributed by atoms with Crippen LogP contribution in [0.2, 0.25) is 15.1 Å². The Hall–Kier alpha value is -3.46. The predicted octanol–water partition coefficient (Wildman–Crippen LogP) is 8.37. The topological polar surface area (TPSA) is 152 Å². The maximum Gasteiger partial charge on any atom is 0.177 e. The normalized spacial score (nSPS) is 10.6. The molecule has 0 fully saturated rings. The number of hydrogen-bond acceptors (Lipinski definition) is 8. The summed E-state index contributed by atoms with van der Waals surface area (Å²) in [7, 11) is 0. The third-order valence-electron chi connectivity index (χ3n) is 5.89. The van der Waals surface area contributed by atoms with Gasteiger partial charge in [-0.05, 0) is 43.3 Å². The Balaban J connectivity index is 0.000000316. The molecule has 0 saturated carbocycles. The lowest BCUT2D eigenvalue weighted by Gasteiger charge is -2.11. The average molecular weight is 642 g/mol. The van der Waals surface area contributed by atoms with Crippen molar-refractivity contribution in [2.45, 2.75) is 48.5 Å². The highest BCUT2D eigenvalue weighted by atomic mass is 35.5. The quantitative estimate of drug-likeness (QED) is 0.133. The Kier molecular flexibility index (Phi) is 13.7. The Morgan fingerprint density at radius 2 is 1.02 bits per heavy atom. The number of ketones is 3. The van der Waals surface area contributed by atoms with Gasteiger partial charge < -0.3 is 25.5 Å². The third kappa shape index (κ3) is 9.28. The second kappa shape index (κ2) is 15.7. The van der Waals surface area contributed by atoms with Gasteiger partial charge in [0.1, 0.15) is 5.75 Å². The monoisotopic (exact) mass is 640 g/mol. The van der Waals surface area contributed by atoms with Crippen LogP contribution >= 0.6 is 34.8 Å². The van der Waals surface area contributed by atoms with Gasteiger partial charge in [-0.2, -0.15) is 0 Å². The number of phenols is 5. The number of carbonyl (C=O) groups excluding carboxylic acids is 3. The highest BCUT2D eigenvalue weighted by Crippen LogP contribution is 2.37. The Morgan fingerprint density at radius 1 is 0.571 bits per heavy atom. The number of phenolic OH excluding ortho intramolecular Hbond substituents is 5. The first-order valence-electron chi connectivity index (χ1n) is 12.9. The SMILES string of the molecule is CC(C)C(=O)c1ccc(O)c(O)c1.CC(C)C(=O)c1ccc(O)c(O)c1Cl.Cc1c(Cl)cc(C(=O)C(C)C)c(Cl)c1O. The first-order chi connectivity index (χ1) is 19.3. The Morgan fingerprint density at radius 3 is 1.50 bits per heavy atom. The van der Waals surface area contributed by atoms with Gasteiger partial charge in [0, 0.05) is 45.0 Å². The molecule has 0 radical (unpaired) electrons. The molecule has 0 aliphatic heterocycles. The van der Waals surface area contributed by atoms with Crippen LogP contribution in [-0.2, 0) is 0 Å². The molecule has 0 heterocycles. The largest absolute Gasteiger partial charge is 0.506 e. The fraction of sp³-hybridized carbons (Fsp3) is 0.323. The van der Waals surface area contributed by atoms with Crippen molar-refractivity contribution in [1.29, 1.82) is 0 Å². The molecular formula is C31H35Cl3O8. The Labute approximate surface area is 260 Å². The lowest BCUT2D eigenvalue weighted by molar-refractivity contribution is 0.0932. The van der Waals surface area contributed by atoms with Crippen molar-refractivity contribution in [3.05, 3.63) is 73.7 Å². The molecule has 0 aliphatic carbocycles. The maximum atomic E-state index is 11.7. The van der Waals surface area contributed by atoms with Crippen LogP contribution in [0.25, 0.3) is 0 Å². The van der Waals surface area contributed by atoms with Crippen LogP contribution in [0.15, 0.2) is 36.4 Å². The van der Waals surface area contributed by atoms with E-state index in [1.165, 1.54) is 36.4 Å². The molecule has 8 nitrogen and oxygen atoms in total. The summed E-state index contributed by atoms with van der Waals surface area (Å²) in [4.78, 5) is 34.7. The van der Waals surface area contributed by atoms with Crippen LogP contribution in [0.1, 0.15) is 78.2 Å². The van der Waals surface area contributed by atoms with Crippen molar-refractivity contribution >= 4 is 52.2 Å². The summed E-state index contributed by atoms with van der Waals surface area (Å²) in [5, 5.41) is 46.5. The molecule has 0 aliphatic rings. The second-order valence-electron chi connectivity index (χ2n) is 10.2. The van der Waals surface area contributed by atoms with Gasteiger partial charge in [-0.15, -0.1) is 0 Å².